The van der Waals surface area contributed by atoms with E-state index >= 15 is 0 Å². The van der Waals surface area contributed by atoms with Gasteiger partial charge in [0.25, 0.3) is 0 Å². The van der Waals surface area contributed by atoms with E-state index in [0.717, 1.165) is 12.1 Å². The largest absolute Gasteiger partial charge is 0.355 e. The van der Waals surface area contributed by atoms with Gasteiger partial charge >= 0.3 is 0 Å². The number of hydrogen-bond donors (Lipinski definition) is 1. The molecule has 4 heteroatoms. The van der Waals surface area contributed by atoms with Crippen LogP contribution in [0.3, 0.4) is 0 Å². The van der Waals surface area contributed by atoms with E-state index in [1.165, 1.54) is 5.56 Å². The van der Waals surface area contributed by atoms with Crippen LogP contribution in [0.15, 0.2) is 60.7 Å². The second kappa shape index (κ2) is 6.71. The molecule has 3 atom stereocenters. The van der Waals surface area contributed by atoms with Crippen LogP contribution >= 0.6 is 0 Å². The quantitative estimate of drug-likeness (QED) is 0.914. The Morgan fingerprint density at radius 1 is 1.04 bits per heavy atom. The molecule has 128 valence electrons. The summed E-state index contributed by atoms with van der Waals surface area (Å²) in [4.78, 5) is 26.4. The highest BCUT2D eigenvalue weighted by molar-refractivity contribution is 6.00. The molecule has 2 aromatic carbocycles. The number of benzene rings is 2. The fourth-order valence-corrected chi connectivity index (χ4v) is 3.70. The maximum atomic E-state index is 12.5. The van der Waals surface area contributed by atoms with Crippen LogP contribution < -0.4 is 10.2 Å². The van der Waals surface area contributed by atoms with Crippen LogP contribution in [0, 0.1) is 11.8 Å². The van der Waals surface area contributed by atoms with E-state index in [0.29, 0.717) is 31.3 Å². The molecule has 0 radical (unpaired) electrons. The van der Waals surface area contributed by atoms with Crippen molar-refractivity contribution in [1.82, 2.24) is 5.32 Å². The van der Waals surface area contributed by atoms with Crippen LogP contribution in [-0.2, 0) is 9.59 Å². The first kappa shape index (κ1) is 15.9. The Morgan fingerprint density at radius 2 is 1.72 bits per heavy atom. The minimum absolute atomic E-state index is 0.00509. The second-order valence-corrected chi connectivity index (χ2v) is 7.00. The first-order valence-corrected chi connectivity index (χ1v) is 8.90. The standard InChI is InChI=1S/C21H22N2O2/c24-20-12-17(14-23(20)18-9-5-2-6-10-18)21(25)22-13-16-11-19(16)15-7-3-1-4-8-15/h1-10,16-17,19H,11-14H2,(H,22,25)/t16-,17?,19-/m0/s1. The molecule has 1 N–H and O–H groups in total. The summed E-state index contributed by atoms with van der Waals surface area (Å²) >= 11 is 0. The minimum Gasteiger partial charge on any atom is -0.355 e. The van der Waals surface area contributed by atoms with Gasteiger partial charge in [-0.15, -0.1) is 0 Å². The van der Waals surface area contributed by atoms with Crippen molar-refractivity contribution in [2.75, 3.05) is 18.0 Å². The third-order valence-electron chi connectivity index (χ3n) is 5.25. The summed E-state index contributed by atoms with van der Waals surface area (Å²) in [7, 11) is 0. The molecule has 2 aliphatic rings. The van der Waals surface area contributed by atoms with E-state index in [2.05, 4.69) is 29.6 Å². The van der Waals surface area contributed by atoms with Crippen molar-refractivity contribution < 1.29 is 9.59 Å². The lowest BCUT2D eigenvalue weighted by molar-refractivity contribution is -0.126. The Kier molecular flexibility index (Phi) is 4.26. The van der Waals surface area contributed by atoms with Gasteiger partial charge in [-0.2, -0.15) is 0 Å². The number of carbonyl (C=O) groups excluding carboxylic acids is 2. The Morgan fingerprint density at radius 3 is 2.44 bits per heavy atom. The molecule has 2 aromatic rings. The average molecular weight is 334 g/mol. The molecule has 25 heavy (non-hydrogen) atoms. The van der Waals surface area contributed by atoms with Gasteiger partial charge in [0, 0.05) is 25.2 Å². The third kappa shape index (κ3) is 3.43. The Bertz CT molecular complexity index is 760. The summed E-state index contributed by atoms with van der Waals surface area (Å²) in [5.74, 6) is 0.869. The van der Waals surface area contributed by atoms with Crippen LogP contribution in [0.2, 0.25) is 0 Å². The second-order valence-electron chi connectivity index (χ2n) is 7.00. The van der Waals surface area contributed by atoms with Crippen molar-refractivity contribution in [2.24, 2.45) is 11.8 Å². The summed E-state index contributed by atoms with van der Waals surface area (Å²) in [5, 5.41) is 3.06. The van der Waals surface area contributed by atoms with E-state index in [1.807, 2.05) is 36.4 Å². The van der Waals surface area contributed by atoms with Crippen LogP contribution in [0.4, 0.5) is 5.69 Å². The predicted molar refractivity (Wildman–Crippen MR) is 97.2 cm³/mol. The van der Waals surface area contributed by atoms with Crippen molar-refractivity contribution in [3.05, 3.63) is 66.2 Å². The molecule has 1 aliphatic heterocycles. The van der Waals surface area contributed by atoms with Gasteiger partial charge in [-0.25, -0.2) is 0 Å². The highest BCUT2D eigenvalue weighted by atomic mass is 16.2. The zero-order valence-electron chi connectivity index (χ0n) is 14.1. The van der Waals surface area contributed by atoms with E-state index in [-0.39, 0.29) is 17.7 Å². The van der Waals surface area contributed by atoms with Gasteiger partial charge in [0.2, 0.25) is 11.8 Å². The van der Waals surface area contributed by atoms with Gasteiger partial charge in [-0.1, -0.05) is 48.5 Å². The summed E-state index contributed by atoms with van der Waals surface area (Å²) < 4.78 is 0. The highest BCUT2D eigenvalue weighted by Gasteiger charge is 2.40. The molecule has 0 spiro atoms. The number of nitrogens with zero attached hydrogens (tertiary/aromatic N) is 1. The lowest BCUT2D eigenvalue weighted by Crippen LogP contribution is -2.34. The van der Waals surface area contributed by atoms with E-state index in [9.17, 15) is 9.59 Å². The van der Waals surface area contributed by atoms with Crippen molar-refractivity contribution in [3.63, 3.8) is 0 Å². The lowest BCUT2D eigenvalue weighted by atomic mass is 10.1. The van der Waals surface area contributed by atoms with Gasteiger partial charge < -0.3 is 10.2 Å². The Balaban J connectivity index is 1.29. The zero-order chi connectivity index (χ0) is 17.2. The number of hydrogen-bond acceptors (Lipinski definition) is 2. The molecule has 4 nitrogen and oxygen atoms in total. The summed E-state index contributed by atoms with van der Waals surface area (Å²) in [6.07, 6.45) is 1.43. The minimum atomic E-state index is -0.248. The number of nitrogens with one attached hydrogen (secondary N) is 1. The summed E-state index contributed by atoms with van der Waals surface area (Å²) in [5.41, 5.74) is 2.22. The highest BCUT2D eigenvalue weighted by Crippen LogP contribution is 2.46. The van der Waals surface area contributed by atoms with E-state index in [1.54, 1.807) is 4.90 Å². The van der Waals surface area contributed by atoms with Crippen molar-refractivity contribution in [2.45, 2.75) is 18.8 Å². The molecule has 2 fully saturated rings. The third-order valence-corrected chi connectivity index (χ3v) is 5.25. The van der Waals surface area contributed by atoms with Crippen LogP contribution in [-0.4, -0.2) is 24.9 Å². The molecule has 1 saturated carbocycles. The zero-order valence-corrected chi connectivity index (χ0v) is 14.1. The van der Waals surface area contributed by atoms with Gasteiger partial charge in [0.05, 0.1) is 5.92 Å². The average Bonchev–Trinajstić information content (AvgIpc) is 3.34. The van der Waals surface area contributed by atoms with Gasteiger partial charge in [-0.05, 0) is 36.0 Å². The summed E-state index contributed by atoms with van der Waals surface area (Å²) in [6, 6.07) is 20.0. The maximum absolute atomic E-state index is 12.5. The summed E-state index contributed by atoms with van der Waals surface area (Å²) in [6.45, 7) is 1.18. The van der Waals surface area contributed by atoms with Gasteiger partial charge in [-0.3, -0.25) is 9.59 Å². The predicted octanol–water partition coefficient (Wildman–Crippen LogP) is 2.96. The fraction of sp³-hybridized carbons (Fsp3) is 0.333. The van der Waals surface area contributed by atoms with E-state index < -0.39 is 0 Å². The first-order valence-electron chi connectivity index (χ1n) is 8.90. The van der Waals surface area contributed by atoms with Crippen molar-refractivity contribution in [3.8, 4) is 0 Å². The van der Waals surface area contributed by atoms with Crippen LogP contribution in [0.25, 0.3) is 0 Å². The molecule has 2 amide bonds. The molecular formula is C21H22N2O2. The molecule has 0 aromatic heterocycles. The van der Waals surface area contributed by atoms with Crippen molar-refractivity contribution >= 4 is 17.5 Å². The SMILES string of the molecule is O=C(NC[C@@H]1C[C@H]1c1ccccc1)C1CC(=O)N(c2ccccc2)C1. The lowest BCUT2D eigenvalue weighted by Gasteiger charge is -2.16. The Labute approximate surface area is 147 Å². The molecule has 4 rings (SSSR count). The number of para-hydroxylation sites is 1. The number of amides is 2. The van der Waals surface area contributed by atoms with E-state index in [4.69, 9.17) is 0 Å². The maximum Gasteiger partial charge on any atom is 0.227 e. The smallest absolute Gasteiger partial charge is 0.227 e. The van der Waals surface area contributed by atoms with Crippen LogP contribution in [0.5, 0.6) is 0 Å². The number of rotatable bonds is 5. The molecule has 1 saturated heterocycles. The first-order chi connectivity index (χ1) is 12.2. The number of carbonyl (C=O) groups is 2. The van der Waals surface area contributed by atoms with Crippen LogP contribution in [0.1, 0.15) is 24.3 Å². The molecule has 1 aliphatic carbocycles. The van der Waals surface area contributed by atoms with Gasteiger partial charge in [0.1, 0.15) is 0 Å². The normalized spacial score (nSPS) is 25.0. The molecule has 1 heterocycles. The van der Waals surface area contributed by atoms with Gasteiger partial charge in [0.15, 0.2) is 0 Å². The fourth-order valence-electron chi connectivity index (χ4n) is 3.70. The van der Waals surface area contributed by atoms with Crippen molar-refractivity contribution in [1.29, 1.82) is 0 Å². The Hall–Kier alpha value is -2.62. The monoisotopic (exact) mass is 334 g/mol. The molecule has 1 unspecified atom stereocenters. The topological polar surface area (TPSA) is 49.4 Å². The molecule has 0 bridgehead atoms. The molecular weight excluding hydrogens is 312 g/mol. The number of anilines is 1.